The first kappa shape index (κ1) is 16.0. The van der Waals surface area contributed by atoms with Crippen molar-refractivity contribution in [1.82, 2.24) is 5.16 Å². The van der Waals surface area contributed by atoms with Crippen LogP contribution in [-0.2, 0) is 5.41 Å². The summed E-state index contributed by atoms with van der Waals surface area (Å²) in [7, 11) is 0. The van der Waals surface area contributed by atoms with Crippen LogP contribution in [0.25, 0.3) is 0 Å². The van der Waals surface area contributed by atoms with Gasteiger partial charge >= 0.3 is 6.03 Å². The zero-order valence-electron chi connectivity index (χ0n) is 12.9. The van der Waals surface area contributed by atoms with E-state index in [1.807, 2.05) is 32.0 Å². The van der Waals surface area contributed by atoms with Crippen LogP contribution in [-0.4, -0.2) is 17.9 Å². The van der Waals surface area contributed by atoms with E-state index in [0.29, 0.717) is 17.9 Å². The van der Waals surface area contributed by atoms with E-state index in [0.717, 1.165) is 5.56 Å². The van der Waals surface area contributed by atoms with E-state index < -0.39 is 18.1 Å². The number of aryl methyl sites for hydroxylation is 1. The van der Waals surface area contributed by atoms with Gasteiger partial charge in [-0.25, -0.2) is 4.79 Å². The van der Waals surface area contributed by atoms with E-state index in [1.54, 1.807) is 19.1 Å². The Morgan fingerprint density at radius 3 is 2.77 bits per heavy atom. The summed E-state index contributed by atoms with van der Waals surface area (Å²) in [5, 5.41) is 9.04. The molecule has 2 amide bonds. The van der Waals surface area contributed by atoms with Crippen molar-refractivity contribution in [3.63, 3.8) is 0 Å². The maximum absolute atomic E-state index is 13.1. The Labute approximate surface area is 128 Å². The number of benzene rings is 1. The van der Waals surface area contributed by atoms with Gasteiger partial charge in [0.2, 0.25) is 0 Å². The van der Waals surface area contributed by atoms with Gasteiger partial charge in [0.1, 0.15) is 12.4 Å². The summed E-state index contributed by atoms with van der Waals surface area (Å²) in [4.78, 5) is 11.9. The standard InChI is InChI=1S/C16H20FN3O2/c1-4-16(3,10-17)13-9-14(20-22-13)19-15(21)18-12-7-5-6-11(2)8-12/h5-9H,4,10H2,1-3H3,(H2,18,19,20,21). The number of nitrogens with zero attached hydrogens (tertiary/aromatic N) is 1. The fourth-order valence-corrected chi connectivity index (χ4v) is 1.95. The van der Waals surface area contributed by atoms with Crippen LogP contribution in [0.2, 0.25) is 0 Å². The summed E-state index contributed by atoms with van der Waals surface area (Å²) in [6.45, 7) is 5.02. The quantitative estimate of drug-likeness (QED) is 0.867. The molecule has 1 unspecified atom stereocenters. The lowest BCUT2D eigenvalue weighted by atomic mass is 9.86. The van der Waals surface area contributed by atoms with Crippen molar-refractivity contribution in [3.05, 3.63) is 41.7 Å². The fourth-order valence-electron chi connectivity index (χ4n) is 1.95. The Kier molecular flexibility index (Phi) is 4.80. The van der Waals surface area contributed by atoms with Crippen molar-refractivity contribution < 1.29 is 13.7 Å². The first-order valence-electron chi connectivity index (χ1n) is 7.14. The highest BCUT2D eigenvalue weighted by atomic mass is 19.1. The lowest BCUT2D eigenvalue weighted by molar-refractivity contribution is 0.244. The molecule has 22 heavy (non-hydrogen) atoms. The molecule has 0 fully saturated rings. The third-order valence-corrected chi connectivity index (χ3v) is 3.70. The van der Waals surface area contributed by atoms with Crippen molar-refractivity contribution in [2.24, 2.45) is 0 Å². The van der Waals surface area contributed by atoms with Crippen LogP contribution >= 0.6 is 0 Å². The normalized spacial score (nSPS) is 13.5. The molecule has 0 aliphatic rings. The Morgan fingerprint density at radius 1 is 1.36 bits per heavy atom. The molecule has 0 aliphatic heterocycles. The average Bonchev–Trinajstić information content (AvgIpc) is 2.95. The van der Waals surface area contributed by atoms with E-state index in [2.05, 4.69) is 15.8 Å². The molecular formula is C16H20FN3O2. The number of hydrogen-bond acceptors (Lipinski definition) is 3. The Morgan fingerprint density at radius 2 is 2.14 bits per heavy atom. The van der Waals surface area contributed by atoms with Gasteiger partial charge < -0.3 is 9.84 Å². The highest BCUT2D eigenvalue weighted by Gasteiger charge is 2.29. The van der Waals surface area contributed by atoms with Gasteiger partial charge in [0.25, 0.3) is 0 Å². The Hall–Kier alpha value is -2.37. The number of halogens is 1. The summed E-state index contributed by atoms with van der Waals surface area (Å²) < 4.78 is 18.3. The smallest absolute Gasteiger partial charge is 0.324 e. The molecule has 0 spiro atoms. The highest BCUT2D eigenvalue weighted by Crippen LogP contribution is 2.29. The monoisotopic (exact) mass is 305 g/mol. The van der Waals surface area contributed by atoms with Gasteiger partial charge in [-0.2, -0.15) is 0 Å². The largest absolute Gasteiger partial charge is 0.359 e. The van der Waals surface area contributed by atoms with Crippen LogP contribution in [0.15, 0.2) is 34.9 Å². The lowest BCUT2D eigenvalue weighted by Gasteiger charge is -2.19. The molecule has 2 rings (SSSR count). The van der Waals surface area contributed by atoms with Crippen molar-refractivity contribution >= 4 is 17.5 Å². The third kappa shape index (κ3) is 3.63. The van der Waals surface area contributed by atoms with Crippen LogP contribution in [0.1, 0.15) is 31.6 Å². The van der Waals surface area contributed by atoms with E-state index in [4.69, 9.17) is 4.52 Å². The molecule has 2 N–H and O–H groups in total. The van der Waals surface area contributed by atoms with Gasteiger partial charge in [-0.1, -0.05) is 24.2 Å². The minimum Gasteiger partial charge on any atom is -0.359 e. The van der Waals surface area contributed by atoms with Crippen LogP contribution in [0.4, 0.5) is 20.7 Å². The number of amides is 2. The summed E-state index contributed by atoms with van der Waals surface area (Å²) in [5.41, 5.74) is 1.01. The number of hydrogen-bond donors (Lipinski definition) is 2. The number of alkyl halides is 1. The fraction of sp³-hybridized carbons (Fsp3) is 0.375. The summed E-state index contributed by atoms with van der Waals surface area (Å²) in [5.74, 6) is 0.677. The van der Waals surface area contributed by atoms with Crippen molar-refractivity contribution in [1.29, 1.82) is 0 Å². The zero-order chi connectivity index (χ0) is 16.2. The number of nitrogens with one attached hydrogen (secondary N) is 2. The van der Waals surface area contributed by atoms with Crippen molar-refractivity contribution in [2.75, 3.05) is 17.3 Å². The summed E-state index contributed by atoms with van der Waals surface area (Å²) in [6.07, 6.45) is 0.577. The maximum Gasteiger partial charge on any atom is 0.324 e. The van der Waals surface area contributed by atoms with Gasteiger partial charge in [0, 0.05) is 11.8 Å². The second-order valence-corrected chi connectivity index (χ2v) is 5.57. The van der Waals surface area contributed by atoms with Crippen LogP contribution in [0, 0.1) is 6.92 Å². The van der Waals surface area contributed by atoms with Crippen LogP contribution in [0.5, 0.6) is 0 Å². The molecule has 2 aromatic rings. The predicted octanol–water partition coefficient (Wildman–Crippen LogP) is 4.26. The van der Waals surface area contributed by atoms with Gasteiger partial charge in [-0.3, -0.25) is 9.71 Å². The first-order valence-corrected chi connectivity index (χ1v) is 7.14. The second-order valence-electron chi connectivity index (χ2n) is 5.57. The van der Waals surface area contributed by atoms with Gasteiger partial charge in [0.15, 0.2) is 5.82 Å². The maximum atomic E-state index is 13.1. The number of urea groups is 1. The summed E-state index contributed by atoms with van der Waals surface area (Å²) in [6, 6.07) is 8.56. The molecule has 118 valence electrons. The van der Waals surface area contributed by atoms with E-state index in [-0.39, 0.29) is 5.82 Å². The molecule has 0 aliphatic carbocycles. The molecule has 0 saturated heterocycles. The number of rotatable bonds is 5. The van der Waals surface area contributed by atoms with Gasteiger partial charge in [0.05, 0.1) is 5.41 Å². The topological polar surface area (TPSA) is 67.2 Å². The van der Waals surface area contributed by atoms with Crippen LogP contribution in [0.3, 0.4) is 0 Å². The molecule has 0 bridgehead atoms. The molecule has 1 aromatic heterocycles. The van der Waals surface area contributed by atoms with Crippen molar-refractivity contribution in [2.45, 2.75) is 32.6 Å². The second kappa shape index (κ2) is 6.60. The highest BCUT2D eigenvalue weighted by molar-refractivity contribution is 5.99. The first-order chi connectivity index (χ1) is 10.5. The number of carbonyl (C=O) groups is 1. The average molecular weight is 305 g/mol. The molecule has 1 heterocycles. The lowest BCUT2D eigenvalue weighted by Crippen LogP contribution is -2.22. The molecular weight excluding hydrogens is 285 g/mol. The van der Waals surface area contributed by atoms with E-state index in [1.165, 1.54) is 0 Å². The minimum atomic E-state index is -0.722. The molecule has 5 nitrogen and oxygen atoms in total. The number of anilines is 2. The minimum absolute atomic E-state index is 0.258. The Bertz CT molecular complexity index is 650. The van der Waals surface area contributed by atoms with E-state index >= 15 is 0 Å². The summed E-state index contributed by atoms with van der Waals surface area (Å²) >= 11 is 0. The van der Waals surface area contributed by atoms with Gasteiger partial charge in [-0.15, -0.1) is 0 Å². The SMILES string of the molecule is CCC(C)(CF)c1cc(NC(=O)Nc2cccc(C)c2)no1. The number of aromatic nitrogens is 1. The van der Waals surface area contributed by atoms with Gasteiger partial charge in [-0.05, 0) is 38.0 Å². The van der Waals surface area contributed by atoms with E-state index in [9.17, 15) is 9.18 Å². The van der Waals surface area contributed by atoms with Crippen LogP contribution < -0.4 is 10.6 Å². The third-order valence-electron chi connectivity index (χ3n) is 3.70. The zero-order valence-corrected chi connectivity index (χ0v) is 12.9. The Balaban J connectivity index is 2.02. The molecule has 0 saturated carbocycles. The molecule has 6 heteroatoms. The number of carbonyl (C=O) groups excluding carboxylic acids is 1. The molecule has 0 radical (unpaired) electrons. The predicted molar refractivity (Wildman–Crippen MR) is 83.9 cm³/mol. The molecule has 1 atom stereocenters. The van der Waals surface area contributed by atoms with Crippen molar-refractivity contribution in [3.8, 4) is 0 Å². The molecule has 1 aromatic carbocycles.